The molecule has 13 heteroatoms. The average Bonchev–Trinajstić information content (AvgIpc) is 3.00. The molecule has 0 spiro atoms. The first-order valence-electron chi connectivity index (χ1n) is 14.7. The number of pyridine rings is 2. The van der Waals surface area contributed by atoms with Gasteiger partial charge in [0.1, 0.15) is 11.4 Å². The van der Waals surface area contributed by atoms with Crippen LogP contribution in [0.2, 0.25) is 0 Å². The fourth-order valence-corrected chi connectivity index (χ4v) is 4.48. The van der Waals surface area contributed by atoms with E-state index in [0.29, 0.717) is 110 Å². The van der Waals surface area contributed by atoms with Gasteiger partial charge in [-0.25, -0.2) is 19.6 Å². The van der Waals surface area contributed by atoms with Gasteiger partial charge in [-0.05, 0) is 30.7 Å². The lowest BCUT2D eigenvalue weighted by molar-refractivity contribution is -0.00986. The quantitative estimate of drug-likeness (QED) is 0.382. The highest BCUT2D eigenvalue weighted by Gasteiger charge is 2.23. The van der Waals surface area contributed by atoms with E-state index in [1.165, 1.54) is 12.1 Å². The highest BCUT2D eigenvalue weighted by Crippen LogP contribution is 2.20. The molecule has 1 saturated heterocycles. The smallest absolute Gasteiger partial charge is 0.354 e. The fourth-order valence-electron chi connectivity index (χ4n) is 4.48. The number of carboxylic acid groups (broad SMARTS) is 2. The molecule has 0 saturated carbocycles. The highest BCUT2D eigenvalue weighted by atomic mass is 16.5. The highest BCUT2D eigenvalue weighted by molar-refractivity contribution is 5.85. The predicted octanol–water partition coefficient (Wildman–Crippen LogP) is 2.22. The minimum Gasteiger partial charge on any atom is -0.477 e. The first-order valence-corrected chi connectivity index (χ1v) is 14.7. The van der Waals surface area contributed by atoms with Crippen LogP contribution in [0.15, 0.2) is 36.4 Å². The maximum absolute atomic E-state index is 11.6. The van der Waals surface area contributed by atoms with Crippen molar-refractivity contribution < 1.29 is 43.5 Å². The molecule has 0 aliphatic carbocycles. The fraction of sp³-hybridized carbons (Fsp3) is 0.600. The van der Waals surface area contributed by atoms with Crippen molar-refractivity contribution >= 4 is 11.9 Å². The zero-order valence-electron chi connectivity index (χ0n) is 24.9. The largest absolute Gasteiger partial charge is 0.477 e. The summed E-state index contributed by atoms with van der Waals surface area (Å²) in [4.78, 5) is 35.8. The van der Waals surface area contributed by atoms with Gasteiger partial charge in [0.05, 0.1) is 76.9 Å². The molecule has 43 heavy (non-hydrogen) atoms. The van der Waals surface area contributed by atoms with Crippen LogP contribution in [0.4, 0.5) is 0 Å². The SMILES string of the molecule is CCCOCC(c1cccc(C(=O)O)n1)N1CCOCCOCCN(Cc2cccc(C(=O)O)n2)CCOCCOCC1. The number of ether oxygens (including phenoxy) is 5. The van der Waals surface area contributed by atoms with E-state index in [0.717, 1.165) is 6.42 Å². The minimum absolute atomic E-state index is 0.00946. The van der Waals surface area contributed by atoms with E-state index in [1.807, 2.05) is 19.1 Å². The van der Waals surface area contributed by atoms with Gasteiger partial charge in [0, 0.05) is 39.3 Å². The lowest BCUT2D eigenvalue weighted by Gasteiger charge is -2.31. The third kappa shape index (κ3) is 13.0. The second kappa shape index (κ2) is 20.0. The van der Waals surface area contributed by atoms with Crippen LogP contribution in [0.3, 0.4) is 0 Å². The lowest BCUT2D eigenvalue weighted by Crippen LogP contribution is -2.38. The summed E-state index contributed by atoms with van der Waals surface area (Å²) in [5.41, 5.74) is 1.30. The van der Waals surface area contributed by atoms with Gasteiger partial charge in [0.25, 0.3) is 0 Å². The molecule has 2 aromatic rings. The van der Waals surface area contributed by atoms with Gasteiger partial charge in [0.2, 0.25) is 0 Å². The molecule has 0 amide bonds. The third-order valence-electron chi connectivity index (χ3n) is 6.70. The summed E-state index contributed by atoms with van der Waals surface area (Å²) in [7, 11) is 0. The van der Waals surface area contributed by atoms with Crippen LogP contribution in [-0.2, 0) is 30.2 Å². The third-order valence-corrected chi connectivity index (χ3v) is 6.70. The Kier molecular flexibility index (Phi) is 16.0. The Bertz CT molecular complexity index is 1090. The molecule has 13 nitrogen and oxygen atoms in total. The first kappa shape index (κ1) is 34.5. The Labute approximate surface area is 252 Å². The number of hydrogen-bond acceptors (Lipinski definition) is 11. The summed E-state index contributed by atoms with van der Waals surface area (Å²) in [5.74, 6) is -2.13. The van der Waals surface area contributed by atoms with E-state index in [4.69, 9.17) is 23.7 Å². The van der Waals surface area contributed by atoms with Crippen LogP contribution in [0, 0.1) is 0 Å². The number of carboxylic acids is 2. The standard InChI is InChI=1S/C30H44N4O9/c1-2-13-43-23-28(25-6-4-8-27(32-25)30(37)38)34-11-16-41-20-18-39-14-9-33(10-15-40-19-21-42-17-12-34)22-24-5-3-7-26(31-24)29(35)36/h3-8,28H,2,9-23H2,1H3,(H,35,36)(H,37,38). The van der Waals surface area contributed by atoms with Crippen molar-refractivity contribution in [2.24, 2.45) is 0 Å². The van der Waals surface area contributed by atoms with Crippen molar-refractivity contribution in [1.82, 2.24) is 19.8 Å². The van der Waals surface area contributed by atoms with Gasteiger partial charge in [-0.1, -0.05) is 19.1 Å². The van der Waals surface area contributed by atoms with Gasteiger partial charge in [-0.15, -0.1) is 0 Å². The normalized spacial score (nSPS) is 18.3. The molecule has 0 radical (unpaired) electrons. The van der Waals surface area contributed by atoms with Gasteiger partial charge >= 0.3 is 11.9 Å². The summed E-state index contributed by atoms with van der Waals surface area (Å²) >= 11 is 0. The molecule has 3 rings (SSSR count). The van der Waals surface area contributed by atoms with E-state index in [-0.39, 0.29) is 17.4 Å². The molecule has 1 fully saturated rings. The Morgan fingerprint density at radius 2 is 1.33 bits per heavy atom. The number of carbonyl (C=O) groups is 2. The molecule has 3 heterocycles. The van der Waals surface area contributed by atoms with Crippen molar-refractivity contribution in [3.05, 3.63) is 59.2 Å². The molecule has 1 unspecified atom stereocenters. The van der Waals surface area contributed by atoms with Crippen LogP contribution in [0.1, 0.15) is 51.8 Å². The summed E-state index contributed by atoms with van der Waals surface area (Å²) in [6, 6.07) is 9.72. The average molecular weight is 605 g/mol. The maximum Gasteiger partial charge on any atom is 0.354 e. The van der Waals surface area contributed by atoms with Gasteiger partial charge < -0.3 is 33.9 Å². The molecular formula is C30H44N4O9. The first-order chi connectivity index (χ1) is 21.0. The van der Waals surface area contributed by atoms with Crippen LogP contribution in [0.25, 0.3) is 0 Å². The van der Waals surface area contributed by atoms with Crippen molar-refractivity contribution in [3.8, 4) is 0 Å². The second-order valence-corrected chi connectivity index (χ2v) is 9.92. The molecule has 0 bridgehead atoms. The van der Waals surface area contributed by atoms with Crippen molar-refractivity contribution in [3.63, 3.8) is 0 Å². The predicted molar refractivity (Wildman–Crippen MR) is 156 cm³/mol. The van der Waals surface area contributed by atoms with Crippen molar-refractivity contribution in [2.45, 2.75) is 25.9 Å². The molecular weight excluding hydrogens is 560 g/mol. The molecule has 2 N–H and O–H groups in total. The Morgan fingerprint density at radius 1 is 0.791 bits per heavy atom. The molecule has 1 atom stereocenters. The summed E-state index contributed by atoms with van der Waals surface area (Å²) in [6.07, 6.45) is 0.869. The molecule has 1 aliphatic rings. The maximum atomic E-state index is 11.6. The van der Waals surface area contributed by atoms with E-state index >= 15 is 0 Å². The summed E-state index contributed by atoms with van der Waals surface area (Å²) < 4.78 is 29.3. The van der Waals surface area contributed by atoms with Crippen LogP contribution in [0.5, 0.6) is 0 Å². The Morgan fingerprint density at radius 3 is 1.88 bits per heavy atom. The zero-order chi connectivity index (χ0) is 30.7. The van der Waals surface area contributed by atoms with Gasteiger partial charge in [-0.3, -0.25) is 9.80 Å². The minimum atomic E-state index is -1.08. The summed E-state index contributed by atoms with van der Waals surface area (Å²) in [6.45, 7) is 9.33. The lowest BCUT2D eigenvalue weighted by atomic mass is 10.1. The van der Waals surface area contributed by atoms with Crippen LogP contribution in [-0.4, -0.2) is 134 Å². The molecule has 238 valence electrons. The Balaban J connectivity index is 1.58. The number of aromatic nitrogens is 2. The molecule has 0 aromatic carbocycles. The Hall–Kier alpha value is -3.04. The summed E-state index contributed by atoms with van der Waals surface area (Å²) in [5, 5.41) is 18.7. The van der Waals surface area contributed by atoms with Crippen molar-refractivity contribution in [2.75, 3.05) is 92.2 Å². The van der Waals surface area contributed by atoms with Crippen LogP contribution < -0.4 is 0 Å². The van der Waals surface area contributed by atoms with Gasteiger partial charge in [-0.2, -0.15) is 0 Å². The van der Waals surface area contributed by atoms with Gasteiger partial charge in [0.15, 0.2) is 0 Å². The van der Waals surface area contributed by atoms with E-state index in [1.54, 1.807) is 12.1 Å². The monoisotopic (exact) mass is 604 g/mol. The van der Waals surface area contributed by atoms with E-state index < -0.39 is 11.9 Å². The van der Waals surface area contributed by atoms with E-state index in [2.05, 4.69) is 19.8 Å². The molecule has 2 aromatic heterocycles. The second-order valence-electron chi connectivity index (χ2n) is 9.92. The number of hydrogen-bond donors (Lipinski definition) is 2. The van der Waals surface area contributed by atoms with Crippen molar-refractivity contribution in [1.29, 1.82) is 0 Å². The zero-order valence-corrected chi connectivity index (χ0v) is 24.9. The topological polar surface area (TPSA) is 153 Å². The van der Waals surface area contributed by atoms with E-state index in [9.17, 15) is 19.8 Å². The molecule has 1 aliphatic heterocycles. The number of nitrogens with zero attached hydrogens (tertiary/aromatic N) is 4. The van der Waals surface area contributed by atoms with Crippen LogP contribution >= 0.6 is 0 Å². The number of rotatable bonds is 10. The number of aromatic carboxylic acids is 2.